The Balaban J connectivity index is 1.55. The summed E-state index contributed by atoms with van der Waals surface area (Å²) in [5.41, 5.74) is 6.62. The minimum atomic E-state index is -0.990. The largest absolute Gasteiger partial charge is 0.368 e. The number of piperidine rings is 1. The number of anilines is 2. The van der Waals surface area contributed by atoms with Crippen LogP contribution in [-0.2, 0) is 0 Å². The van der Waals surface area contributed by atoms with Gasteiger partial charge in [-0.2, -0.15) is 0 Å². The molecule has 5 rings (SSSR count). The smallest absolute Gasteiger partial charge is 0.274 e. The van der Waals surface area contributed by atoms with Crippen molar-refractivity contribution in [2.45, 2.75) is 25.8 Å². The standard InChI is InChI=1S/C24H21F3N6O2/c1-12-19-22(33-9-3-4-13(28)11-33)18(10-29-24(19)35-32-12)31-23(34)17-8-7-16(27)21(30-17)20-14(25)5-2-6-15(20)26/h2,5-8,10,13H,3-4,9,11,28H2,1H3,(H,31,34)/t13-/m0/s1. The normalized spacial score (nSPS) is 16.0. The molecule has 1 fully saturated rings. The number of nitrogens with one attached hydrogen (secondary N) is 1. The molecule has 1 aromatic carbocycles. The molecule has 35 heavy (non-hydrogen) atoms. The van der Waals surface area contributed by atoms with Gasteiger partial charge >= 0.3 is 0 Å². The van der Waals surface area contributed by atoms with Crippen LogP contribution in [0.4, 0.5) is 24.5 Å². The number of aryl methyl sites for hydroxylation is 1. The van der Waals surface area contributed by atoms with E-state index in [1.807, 2.05) is 4.90 Å². The minimum Gasteiger partial charge on any atom is -0.368 e. The number of nitrogens with two attached hydrogens (primary N) is 1. The highest BCUT2D eigenvalue weighted by Crippen LogP contribution is 2.37. The third-order valence-corrected chi connectivity index (χ3v) is 5.95. The number of benzene rings is 1. The first-order valence-corrected chi connectivity index (χ1v) is 11.0. The monoisotopic (exact) mass is 482 g/mol. The zero-order valence-electron chi connectivity index (χ0n) is 18.7. The molecular weight excluding hydrogens is 461 g/mol. The van der Waals surface area contributed by atoms with Crippen molar-refractivity contribution < 1.29 is 22.5 Å². The van der Waals surface area contributed by atoms with Crippen molar-refractivity contribution in [1.29, 1.82) is 0 Å². The SMILES string of the molecule is Cc1noc2ncc(NC(=O)c3ccc(F)c(-c4c(F)cccc4F)n3)c(N3CCC[C@H](N)C3)c12. The molecular formula is C24H21F3N6O2. The Labute approximate surface area is 197 Å². The van der Waals surface area contributed by atoms with Crippen LogP contribution >= 0.6 is 0 Å². The molecule has 1 atom stereocenters. The van der Waals surface area contributed by atoms with E-state index in [9.17, 15) is 18.0 Å². The van der Waals surface area contributed by atoms with Gasteiger partial charge in [-0.3, -0.25) is 4.79 Å². The van der Waals surface area contributed by atoms with Gasteiger partial charge in [-0.15, -0.1) is 0 Å². The number of hydrogen-bond donors (Lipinski definition) is 2. The molecule has 180 valence electrons. The molecule has 0 aliphatic carbocycles. The molecule has 0 radical (unpaired) electrons. The van der Waals surface area contributed by atoms with Crippen molar-refractivity contribution in [2.75, 3.05) is 23.3 Å². The second kappa shape index (κ2) is 8.99. The number of carbonyl (C=O) groups is 1. The maximum Gasteiger partial charge on any atom is 0.274 e. The van der Waals surface area contributed by atoms with Crippen molar-refractivity contribution in [2.24, 2.45) is 5.73 Å². The van der Waals surface area contributed by atoms with Crippen LogP contribution in [0.2, 0.25) is 0 Å². The second-order valence-electron chi connectivity index (χ2n) is 8.39. The molecule has 1 aliphatic heterocycles. The van der Waals surface area contributed by atoms with E-state index in [0.29, 0.717) is 41.3 Å². The lowest BCUT2D eigenvalue weighted by Gasteiger charge is -2.34. The van der Waals surface area contributed by atoms with E-state index >= 15 is 0 Å². The predicted molar refractivity (Wildman–Crippen MR) is 123 cm³/mol. The molecule has 1 aliphatic rings. The number of hydrogen-bond acceptors (Lipinski definition) is 7. The zero-order chi connectivity index (χ0) is 24.7. The van der Waals surface area contributed by atoms with Gasteiger partial charge in [0.2, 0.25) is 0 Å². The maximum absolute atomic E-state index is 14.5. The quantitative estimate of drug-likeness (QED) is 0.449. The lowest BCUT2D eigenvalue weighted by atomic mass is 10.0. The summed E-state index contributed by atoms with van der Waals surface area (Å²) in [4.78, 5) is 23.4. The van der Waals surface area contributed by atoms with Crippen LogP contribution in [0, 0.1) is 24.4 Å². The minimum absolute atomic E-state index is 0.0485. The fourth-order valence-electron chi connectivity index (χ4n) is 4.32. The molecule has 3 aromatic heterocycles. The number of rotatable bonds is 4. The highest BCUT2D eigenvalue weighted by atomic mass is 19.1. The number of fused-ring (bicyclic) bond motifs is 1. The molecule has 1 saturated heterocycles. The molecule has 0 spiro atoms. The summed E-state index contributed by atoms with van der Waals surface area (Å²) >= 11 is 0. The fraction of sp³-hybridized carbons (Fsp3) is 0.250. The van der Waals surface area contributed by atoms with E-state index in [0.717, 1.165) is 43.2 Å². The predicted octanol–water partition coefficient (Wildman–Crippen LogP) is 4.19. The summed E-state index contributed by atoms with van der Waals surface area (Å²) in [6, 6.07) is 5.17. The van der Waals surface area contributed by atoms with E-state index in [1.165, 1.54) is 6.20 Å². The van der Waals surface area contributed by atoms with Crippen molar-refractivity contribution in [3.63, 3.8) is 0 Å². The van der Waals surface area contributed by atoms with Crippen LogP contribution in [-0.4, -0.2) is 40.2 Å². The highest BCUT2D eigenvalue weighted by Gasteiger charge is 2.26. The third-order valence-electron chi connectivity index (χ3n) is 5.95. The number of amides is 1. The van der Waals surface area contributed by atoms with Crippen molar-refractivity contribution in [3.8, 4) is 11.3 Å². The maximum atomic E-state index is 14.5. The first-order valence-electron chi connectivity index (χ1n) is 11.0. The molecule has 4 aromatic rings. The van der Waals surface area contributed by atoms with E-state index in [-0.39, 0.29) is 11.7 Å². The van der Waals surface area contributed by atoms with Gasteiger partial charge in [0.15, 0.2) is 0 Å². The Kier molecular flexibility index (Phi) is 5.85. The van der Waals surface area contributed by atoms with Gasteiger partial charge in [0.1, 0.15) is 28.8 Å². The van der Waals surface area contributed by atoms with Crippen molar-refractivity contribution >= 4 is 28.4 Å². The summed E-state index contributed by atoms with van der Waals surface area (Å²) in [6.45, 7) is 3.02. The number of pyridine rings is 2. The number of carbonyl (C=O) groups excluding carboxylic acids is 1. The third kappa shape index (κ3) is 4.18. The van der Waals surface area contributed by atoms with Gasteiger partial charge in [0, 0.05) is 19.1 Å². The molecule has 11 heteroatoms. The number of aromatic nitrogens is 3. The summed E-state index contributed by atoms with van der Waals surface area (Å²) in [6.07, 6.45) is 3.17. The van der Waals surface area contributed by atoms with Gasteiger partial charge in [-0.05, 0) is 44.0 Å². The van der Waals surface area contributed by atoms with E-state index in [1.54, 1.807) is 6.92 Å². The Hall–Kier alpha value is -3.99. The Morgan fingerprint density at radius 3 is 2.69 bits per heavy atom. The average Bonchev–Trinajstić information content (AvgIpc) is 3.20. The molecule has 3 N–H and O–H groups in total. The second-order valence-corrected chi connectivity index (χ2v) is 8.39. The van der Waals surface area contributed by atoms with Crippen LogP contribution in [0.15, 0.2) is 41.1 Å². The zero-order valence-corrected chi connectivity index (χ0v) is 18.7. The van der Waals surface area contributed by atoms with E-state index in [2.05, 4.69) is 20.4 Å². The lowest BCUT2D eigenvalue weighted by molar-refractivity contribution is 0.102. The van der Waals surface area contributed by atoms with Crippen LogP contribution < -0.4 is 16.0 Å². The van der Waals surface area contributed by atoms with Crippen molar-refractivity contribution in [3.05, 3.63) is 65.4 Å². The van der Waals surface area contributed by atoms with Crippen LogP contribution in [0.5, 0.6) is 0 Å². The number of halogens is 3. The van der Waals surface area contributed by atoms with Gasteiger partial charge in [-0.1, -0.05) is 11.2 Å². The fourth-order valence-corrected chi connectivity index (χ4v) is 4.32. The van der Waals surface area contributed by atoms with Gasteiger partial charge < -0.3 is 20.5 Å². The van der Waals surface area contributed by atoms with Gasteiger partial charge in [-0.25, -0.2) is 23.1 Å². The van der Waals surface area contributed by atoms with Crippen LogP contribution in [0.25, 0.3) is 22.4 Å². The average molecular weight is 482 g/mol. The van der Waals surface area contributed by atoms with Crippen LogP contribution in [0.1, 0.15) is 29.0 Å². The lowest BCUT2D eigenvalue weighted by Crippen LogP contribution is -2.43. The van der Waals surface area contributed by atoms with E-state index < -0.39 is 34.6 Å². The first-order chi connectivity index (χ1) is 16.8. The Morgan fingerprint density at radius 1 is 1.17 bits per heavy atom. The van der Waals surface area contributed by atoms with Gasteiger partial charge in [0.05, 0.1) is 34.2 Å². The van der Waals surface area contributed by atoms with Crippen molar-refractivity contribution in [1.82, 2.24) is 15.1 Å². The Bertz CT molecular complexity index is 1420. The summed E-state index contributed by atoms with van der Waals surface area (Å²) < 4.78 is 48.3. The molecule has 1 amide bonds. The summed E-state index contributed by atoms with van der Waals surface area (Å²) in [7, 11) is 0. The highest BCUT2D eigenvalue weighted by molar-refractivity contribution is 6.08. The van der Waals surface area contributed by atoms with Crippen LogP contribution in [0.3, 0.4) is 0 Å². The Morgan fingerprint density at radius 2 is 1.94 bits per heavy atom. The topological polar surface area (TPSA) is 110 Å². The first kappa shape index (κ1) is 22.8. The molecule has 4 heterocycles. The molecule has 0 bridgehead atoms. The summed E-state index contributed by atoms with van der Waals surface area (Å²) in [5.74, 6) is -3.65. The number of nitrogens with zero attached hydrogens (tertiary/aromatic N) is 4. The van der Waals surface area contributed by atoms with E-state index in [4.69, 9.17) is 10.3 Å². The molecule has 0 unspecified atom stereocenters. The summed E-state index contributed by atoms with van der Waals surface area (Å²) in [5, 5.41) is 7.37. The molecule has 8 nitrogen and oxygen atoms in total. The van der Waals surface area contributed by atoms with Gasteiger partial charge in [0.25, 0.3) is 11.6 Å². The molecule has 0 saturated carbocycles.